The van der Waals surface area contributed by atoms with Crippen LogP contribution < -0.4 is 5.32 Å². The lowest BCUT2D eigenvalue weighted by atomic mass is 9.98. The molecule has 2 heterocycles. The van der Waals surface area contributed by atoms with E-state index in [1.54, 1.807) is 6.26 Å². The molecule has 4 rings (SSSR count). The quantitative estimate of drug-likeness (QED) is 0.399. The summed E-state index contributed by atoms with van der Waals surface area (Å²) in [4.78, 5) is 13.1. The number of rotatable bonds is 8. The monoisotopic (exact) mass is 432 g/mol. The van der Waals surface area contributed by atoms with Crippen molar-refractivity contribution in [3.63, 3.8) is 0 Å². The molecular formula is C24H24N4O2S. The van der Waals surface area contributed by atoms with Gasteiger partial charge in [0.25, 0.3) is 0 Å². The third-order valence-corrected chi connectivity index (χ3v) is 6.06. The first-order chi connectivity index (χ1) is 15.2. The Morgan fingerprint density at radius 1 is 1.00 bits per heavy atom. The predicted octanol–water partition coefficient (Wildman–Crippen LogP) is 4.94. The first-order valence-corrected chi connectivity index (χ1v) is 11.1. The molecule has 1 N–H and O–H groups in total. The number of thioether (sulfide) groups is 1. The van der Waals surface area contributed by atoms with Gasteiger partial charge in [-0.3, -0.25) is 9.36 Å². The minimum Gasteiger partial charge on any atom is -0.461 e. The minimum atomic E-state index is -0.353. The molecule has 0 radical (unpaired) electrons. The molecular weight excluding hydrogens is 408 g/mol. The zero-order valence-corrected chi connectivity index (χ0v) is 18.3. The Balaban J connectivity index is 1.52. The highest BCUT2D eigenvalue weighted by molar-refractivity contribution is 8.00. The standard InChI is InChI=1S/C24H24N4O2S/c1-3-28-22(20-15-10-16-30-20)26-27-24(28)31-17(2)23(29)25-21(18-11-6-4-7-12-18)19-13-8-5-9-14-19/h4-17,21H,3H2,1-2H3,(H,25,29). The number of amides is 1. The van der Waals surface area contributed by atoms with E-state index in [9.17, 15) is 4.79 Å². The zero-order valence-electron chi connectivity index (χ0n) is 17.4. The van der Waals surface area contributed by atoms with E-state index < -0.39 is 0 Å². The van der Waals surface area contributed by atoms with Crippen molar-refractivity contribution in [3.05, 3.63) is 90.2 Å². The zero-order chi connectivity index (χ0) is 21.6. The van der Waals surface area contributed by atoms with Gasteiger partial charge in [-0.2, -0.15) is 0 Å². The van der Waals surface area contributed by atoms with E-state index in [2.05, 4.69) is 15.5 Å². The van der Waals surface area contributed by atoms with Crippen molar-refractivity contribution in [2.24, 2.45) is 0 Å². The lowest BCUT2D eigenvalue weighted by molar-refractivity contribution is -0.120. The number of furan rings is 1. The van der Waals surface area contributed by atoms with Gasteiger partial charge in [-0.1, -0.05) is 72.4 Å². The molecule has 0 aliphatic carbocycles. The number of benzene rings is 2. The molecule has 0 fully saturated rings. The SMILES string of the molecule is CCn1c(SC(C)C(=O)NC(c2ccccc2)c2ccccc2)nnc1-c1ccco1. The van der Waals surface area contributed by atoms with E-state index in [1.807, 2.05) is 91.2 Å². The highest BCUT2D eigenvalue weighted by Gasteiger charge is 2.24. The Hall–Kier alpha value is -3.32. The van der Waals surface area contributed by atoms with E-state index in [4.69, 9.17) is 4.42 Å². The molecule has 0 saturated carbocycles. The lowest BCUT2D eigenvalue weighted by Crippen LogP contribution is -2.35. The normalized spacial score (nSPS) is 12.1. The molecule has 0 aliphatic heterocycles. The van der Waals surface area contributed by atoms with Gasteiger partial charge < -0.3 is 9.73 Å². The van der Waals surface area contributed by atoms with E-state index in [-0.39, 0.29) is 17.2 Å². The lowest BCUT2D eigenvalue weighted by Gasteiger charge is -2.22. The topological polar surface area (TPSA) is 73.0 Å². The fraction of sp³-hybridized carbons (Fsp3) is 0.208. The second kappa shape index (κ2) is 9.66. The summed E-state index contributed by atoms with van der Waals surface area (Å²) in [6.45, 7) is 4.58. The van der Waals surface area contributed by atoms with Crippen LogP contribution in [0.1, 0.15) is 31.0 Å². The molecule has 0 bridgehead atoms. The van der Waals surface area contributed by atoms with Crippen LogP contribution in [-0.4, -0.2) is 25.9 Å². The third-order valence-electron chi connectivity index (χ3n) is 4.98. The minimum absolute atomic E-state index is 0.0621. The number of nitrogens with zero attached hydrogens (tertiary/aromatic N) is 3. The Kier molecular flexibility index (Phi) is 6.52. The van der Waals surface area contributed by atoms with Crippen LogP contribution in [0.25, 0.3) is 11.6 Å². The summed E-state index contributed by atoms with van der Waals surface area (Å²) in [6, 6.07) is 23.4. The van der Waals surface area contributed by atoms with Crippen LogP contribution in [0.15, 0.2) is 88.6 Å². The highest BCUT2D eigenvalue weighted by atomic mass is 32.2. The molecule has 4 aromatic rings. The first-order valence-electron chi connectivity index (χ1n) is 10.2. The van der Waals surface area contributed by atoms with Crippen molar-refractivity contribution in [3.8, 4) is 11.6 Å². The number of hydrogen-bond acceptors (Lipinski definition) is 5. The van der Waals surface area contributed by atoms with Crippen molar-refractivity contribution in [1.29, 1.82) is 0 Å². The molecule has 0 aliphatic rings. The fourth-order valence-corrected chi connectivity index (χ4v) is 4.29. The van der Waals surface area contributed by atoms with Gasteiger partial charge in [0.1, 0.15) is 0 Å². The second-order valence-corrected chi connectivity index (χ2v) is 8.36. The predicted molar refractivity (Wildman–Crippen MR) is 122 cm³/mol. The van der Waals surface area contributed by atoms with Gasteiger partial charge in [-0.05, 0) is 37.1 Å². The van der Waals surface area contributed by atoms with Crippen molar-refractivity contribution >= 4 is 17.7 Å². The van der Waals surface area contributed by atoms with Crippen LogP contribution in [0.4, 0.5) is 0 Å². The molecule has 1 amide bonds. The summed E-state index contributed by atoms with van der Waals surface area (Å²) in [7, 11) is 0. The first kappa shape index (κ1) is 20.9. The molecule has 0 saturated heterocycles. The summed E-state index contributed by atoms with van der Waals surface area (Å²) < 4.78 is 7.42. The maximum Gasteiger partial charge on any atom is 0.234 e. The molecule has 2 aromatic carbocycles. The van der Waals surface area contributed by atoms with Crippen LogP contribution in [0.2, 0.25) is 0 Å². The van der Waals surface area contributed by atoms with Gasteiger partial charge in [-0.25, -0.2) is 0 Å². The van der Waals surface area contributed by atoms with Gasteiger partial charge in [0.15, 0.2) is 16.7 Å². The average molecular weight is 433 g/mol. The Morgan fingerprint density at radius 3 is 2.19 bits per heavy atom. The maximum atomic E-state index is 13.1. The summed E-state index contributed by atoms with van der Waals surface area (Å²) in [5, 5.41) is 12.1. The van der Waals surface area contributed by atoms with Crippen molar-refractivity contribution < 1.29 is 9.21 Å². The Bertz CT molecular complexity index is 1070. The van der Waals surface area contributed by atoms with E-state index in [1.165, 1.54) is 11.8 Å². The van der Waals surface area contributed by atoms with Crippen LogP contribution in [0.3, 0.4) is 0 Å². The highest BCUT2D eigenvalue weighted by Crippen LogP contribution is 2.28. The second-order valence-electron chi connectivity index (χ2n) is 7.05. The van der Waals surface area contributed by atoms with Gasteiger partial charge in [0.2, 0.25) is 5.91 Å². The molecule has 6 nitrogen and oxygen atoms in total. The Labute approximate surface area is 185 Å². The van der Waals surface area contributed by atoms with Gasteiger partial charge >= 0.3 is 0 Å². The average Bonchev–Trinajstić information content (AvgIpc) is 3.48. The molecule has 2 aromatic heterocycles. The van der Waals surface area contributed by atoms with Gasteiger partial charge in [0, 0.05) is 6.54 Å². The number of nitrogens with one attached hydrogen (secondary N) is 1. The van der Waals surface area contributed by atoms with Crippen molar-refractivity contribution in [2.45, 2.75) is 36.8 Å². The Morgan fingerprint density at radius 2 is 1.65 bits per heavy atom. The fourth-order valence-electron chi connectivity index (χ4n) is 3.37. The largest absolute Gasteiger partial charge is 0.461 e. The van der Waals surface area contributed by atoms with E-state index >= 15 is 0 Å². The number of carbonyl (C=O) groups excluding carboxylic acids is 1. The van der Waals surface area contributed by atoms with Crippen LogP contribution >= 0.6 is 11.8 Å². The smallest absolute Gasteiger partial charge is 0.234 e. The molecule has 158 valence electrons. The molecule has 1 atom stereocenters. The van der Waals surface area contributed by atoms with Crippen LogP contribution in [0, 0.1) is 0 Å². The summed E-state index contributed by atoms with van der Waals surface area (Å²) in [5.74, 6) is 1.26. The molecule has 31 heavy (non-hydrogen) atoms. The van der Waals surface area contributed by atoms with E-state index in [0.717, 1.165) is 11.1 Å². The number of hydrogen-bond donors (Lipinski definition) is 1. The van der Waals surface area contributed by atoms with Crippen LogP contribution in [-0.2, 0) is 11.3 Å². The number of aromatic nitrogens is 3. The summed E-state index contributed by atoms with van der Waals surface area (Å²) >= 11 is 1.39. The molecule has 1 unspecified atom stereocenters. The van der Waals surface area contributed by atoms with Gasteiger partial charge in [0.05, 0.1) is 17.6 Å². The van der Waals surface area contributed by atoms with Crippen molar-refractivity contribution in [1.82, 2.24) is 20.1 Å². The molecule has 7 heteroatoms. The van der Waals surface area contributed by atoms with Gasteiger partial charge in [-0.15, -0.1) is 10.2 Å². The third kappa shape index (κ3) is 4.72. The summed E-state index contributed by atoms with van der Waals surface area (Å²) in [6.07, 6.45) is 1.61. The molecule has 0 spiro atoms. The van der Waals surface area contributed by atoms with E-state index in [0.29, 0.717) is 23.3 Å². The summed E-state index contributed by atoms with van der Waals surface area (Å²) in [5.41, 5.74) is 2.08. The van der Waals surface area contributed by atoms with Crippen LogP contribution in [0.5, 0.6) is 0 Å². The van der Waals surface area contributed by atoms with Crippen molar-refractivity contribution in [2.75, 3.05) is 0 Å². The maximum absolute atomic E-state index is 13.1. The number of carbonyl (C=O) groups is 1.